The summed E-state index contributed by atoms with van der Waals surface area (Å²) in [6, 6.07) is 5.21. The molecule has 1 aliphatic rings. The second kappa shape index (κ2) is 6.92. The molecular weight excluding hydrogens is 332 g/mol. The Hall–Kier alpha value is -2.54. The van der Waals surface area contributed by atoms with Gasteiger partial charge in [-0.1, -0.05) is 17.7 Å². The predicted octanol–water partition coefficient (Wildman–Crippen LogP) is 2.14. The van der Waals surface area contributed by atoms with Gasteiger partial charge in [0.2, 0.25) is 0 Å². The monoisotopic (exact) mass is 348 g/mol. The van der Waals surface area contributed by atoms with Crippen LogP contribution in [0.15, 0.2) is 36.9 Å². The maximum absolute atomic E-state index is 12.3. The van der Waals surface area contributed by atoms with E-state index >= 15 is 0 Å². The zero-order valence-corrected chi connectivity index (χ0v) is 13.6. The van der Waals surface area contributed by atoms with Gasteiger partial charge in [0.25, 0.3) is 0 Å². The van der Waals surface area contributed by atoms with Gasteiger partial charge in [-0.25, -0.2) is 9.78 Å². The molecule has 1 aromatic carbocycles. The third-order valence-electron chi connectivity index (χ3n) is 4.12. The zero-order chi connectivity index (χ0) is 17.1. The van der Waals surface area contributed by atoms with Crippen molar-refractivity contribution in [3.05, 3.63) is 47.5 Å². The van der Waals surface area contributed by atoms with Crippen LogP contribution < -0.4 is 5.32 Å². The highest BCUT2D eigenvalue weighted by atomic mass is 35.5. The van der Waals surface area contributed by atoms with Crippen LogP contribution in [0.4, 0.5) is 4.79 Å². The Morgan fingerprint density at radius 3 is 2.92 bits per heavy atom. The van der Waals surface area contributed by atoms with Gasteiger partial charge >= 0.3 is 12.0 Å². The number of halogens is 1. The number of hydrogen-bond acceptors (Lipinski definition) is 3. The molecule has 1 unspecified atom stereocenters. The number of nitrogens with one attached hydrogen (secondary N) is 1. The number of rotatable bonds is 4. The van der Waals surface area contributed by atoms with Gasteiger partial charge in [-0.05, 0) is 18.6 Å². The minimum absolute atomic E-state index is 0.234. The smallest absolute Gasteiger partial charge is 0.317 e. The third-order valence-corrected chi connectivity index (χ3v) is 4.47. The van der Waals surface area contributed by atoms with Gasteiger partial charge < -0.3 is 19.9 Å². The molecule has 8 heteroatoms. The van der Waals surface area contributed by atoms with E-state index in [4.69, 9.17) is 16.7 Å². The summed E-state index contributed by atoms with van der Waals surface area (Å²) in [5, 5.41) is 12.4. The summed E-state index contributed by atoms with van der Waals surface area (Å²) in [5.41, 5.74) is 1.62. The SMILES string of the molecule is O=C(O)C1CCN(C(=O)NCc2c(Cl)cccc2-n2ccnc2)C1. The summed E-state index contributed by atoms with van der Waals surface area (Å²) in [4.78, 5) is 28.8. The minimum atomic E-state index is -0.862. The number of aromatic nitrogens is 2. The Labute approximate surface area is 143 Å². The van der Waals surface area contributed by atoms with Crippen molar-refractivity contribution >= 4 is 23.6 Å². The molecule has 1 aliphatic heterocycles. The lowest BCUT2D eigenvalue weighted by Gasteiger charge is -2.18. The molecule has 0 bridgehead atoms. The van der Waals surface area contributed by atoms with Gasteiger partial charge in [-0.15, -0.1) is 0 Å². The fourth-order valence-corrected chi connectivity index (χ4v) is 3.02. The lowest BCUT2D eigenvalue weighted by molar-refractivity contribution is -0.141. The Morgan fingerprint density at radius 2 is 2.25 bits per heavy atom. The van der Waals surface area contributed by atoms with E-state index in [1.165, 1.54) is 4.90 Å². The number of carbonyl (C=O) groups is 2. The van der Waals surface area contributed by atoms with Crippen LogP contribution >= 0.6 is 11.6 Å². The Balaban J connectivity index is 1.69. The summed E-state index contributed by atoms with van der Waals surface area (Å²) >= 11 is 6.28. The molecule has 0 radical (unpaired) electrons. The first-order valence-electron chi connectivity index (χ1n) is 7.57. The van der Waals surface area contributed by atoms with Gasteiger partial charge in [-0.3, -0.25) is 4.79 Å². The number of aliphatic carboxylic acids is 1. The number of urea groups is 1. The van der Waals surface area contributed by atoms with Crippen LogP contribution in [-0.4, -0.2) is 44.6 Å². The van der Waals surface area contributed by atoms with Gasteiger partial charge in [0, 0.05) is 42.6 Å². The molecule has 2 heterocycles. The average Bonchev–Trinajstić information content (AvgIpc) is 3.24. The van der Waals surface area contributed by atoms with Gasteiger partial charge in [0.1, 0.15) is 0 Å². The highest BCUT2D eigenvalue weighted by Crippen LogP contribution is 2.23. The van der Waals surface area contributed by atoms with E-state index in [2.05, 4.69) is 10.3 Å². The molecule has 0 spiro atoms. The number of carboxylic acid groups (broad SMARTS) is 1. The molecule has 24 heavy (non-hydrogen) atoms. The van der Waals surface area contributed by atoms with Crippen molar-refractivity contribution in [1.29, 1.82) is 0 Å². The van der Waals surface area contributed by atoms with E-state index in [9.17, 15) is 9.59 Å². The zero-order valence-electron chi connectivity index (χ0n) is 12.9. The fourth-order valence-electron chi connectivity index (χ4n) is 2.79. The molecule has 0 saturated carbocycles. The molecule has 2 N–H and O–H groups in total. The van der Waals surface area contributed by atoms with Crippen molar-refractivity contribution in [3.8, 4) is 5.69 Å². The lowest BCUT2D eigenvalue weighted by Crippen LogP contribution is -2.38. The number of nitrogens with zero attached hydrogens (tertiary/aromatic N) is 3. The first-order valence-corrected chi connectivity index (χ1v) is 7.95. The molecule has 1 saturated heterocycles. The van der Waals surface area contributed by atoms with Crippen molar-refractivity contribution in [1.82, 2.24) is 19.8 Å². The molecule has 3 rings (SSSR count). The second-order valence-electron chi connectivity index (χ2n) is 5.64. The summed E-state index contributed by atoms with van der Waals surface area (Å²) in [7, 11) is 0. The molecule has 2 amide bonds. The van der Waals surface area contributed by atoms with E-state index < -0.39 is 11.9 Å². The van der Waals surface area contributed by atoms with Crippen LogP contribution in [0.3, 0.4) is 0 Å². The number of imidazole rings is 1. The Bertz CT molecular complexity index is 748. The van der Waals surface area contributed by atoms with Crippen molar-refractivity contribution in [2.75, 3.05) is 13.1 Å². The largest absolute Gasteiger partial charge is 0.481 e. The fraction of sp³-hybridized carbons (Fsp3) is 0.312. The second-order valence-corrected chi connectivity index (χ2v) is 6.04. The van der Waals surface area contributed by atoms with Crippen molar-refractivity contribution in [2.24, 2.45) is 5.92 Å². The van der Waals surface area contributed by atoms with E-state index in [0.717, 1.165) is 11.3 Å². The number of hydrogen-bond donors (Lipinski definition) is 2. The Kier molecular flexibility index (Phi) is 4.71. The quantitative estimate of drug-likeness (QED) is 0.886. The first-order chi connectivity index (χ1) is 11.6. The number of carboxylic acids is 1. The predicted molar refractivity (Wildman–Crippen MR) is 88.1 cm³/mol. The van der Waals surface area contributed by atoms with Crippen molar-refractivity contribution in [3.63, 3.8) is 0 Å². The number of amides is 2. The Morgan fingerprint density at radius 1 is 1.42 bits per heavy atom. The summed E-state index contributed by atoms with van der Waals surface area (Å²) < 4.78 is 1.82. The summed E-state index contributed by atoms with van der Waals surface area (Å²) in [5.74, 6) is -1.35. The van der Waals surface area contributed by atoms with Gasteiger partial charge in [0.05, 0.1) is 17.9 Å². The third kappa shape index (κ3) is 3.35. The normalized spacial score (nSPS) is 17.0. The van der Waals surface area contributed by atoms with Crippen molar-refractivity contribution in [2.45, 2.75) is 13.0 Å². The van der Waals surface area contributed by atoms with Crippen LogP contribution in [-0.2, 0) is 11.3 Å². The lowest BCUT2D eigenvalue weighted by atomic mass is 10.1. The maximum Gasteiger partial charge on any atom is 0.317 e. The van der Waals surface area contributed by atoms with Crippen molar-refractivity contribution < 1.29 is 14.7 Å². The molecule has 1 fully saturated rings. The highest BCUT2D eigenvalue weighted by Gasteiger charge is 2.30. The number of likely N-dealkylation sites (tertiary alicyclic amines) is 1. The van der Waals surface area contributed by atoms with Crippen LogP contribution in [0.1, 0.15) is 12.0 Å². The minimum Gasteiger partial charge on any atom is -0.481 e. The molecule has 126 valence electrons. The van der Waals surface area contributed by atoms with Crippen LogP contribution in [0.2, 0.25) is 5.02 Å². The maximum atomic E-state index is 12.3. The molecule has 0 aliphatic carbocycles. The van der Waals surface area contributed by atoms with E-state index in [-0.39, 0.29) is 19.1 Å². The first kappa shape index (κ1) is 16.3. The summed E-state index contributed by atoms with van der Waals surface area (Å²) in [6.07, 6.45) is 5.61. The average molecular weight is 349 g/mol. The molecule has 7 nitrogen and oxygen atoms in total. The van der Waals surface area contributed by atoms with Gasteiger partial charge in [0.15, 0.2) is 0 Å². The van der Waals surface area contributed by atoms with E-state index in [0.29, 0.717) is 18.0 Å². The standard InChI is InChI=1S/C16H17ClN4O3/c17-13-2-1-3-14(21-7-5-18-10-21)12(13)8-19-16(24)20-6-4-11(9-20)15(22)23/h1-3,5,7,10-11H,4,6,8-9H2,(H,19,24)(H,22,23). The molecule has 1 aromatic heterocycles. The van der Waals surface area contributed by atoms with Crippen LogP contribution in [0.25, 0.3) is 5.69 Å². The van der Waals surface area contributed by atoms with Gasteiger partial charge in [-0.2, -0.15) is 0 Å². The topological polar surface area (TPSA) is 87.5 Å². The molecule has 1 atom stereocenters. The number of benzene rings is 1. The van der Waals surface area contributed by atoms with E-state index in [1.807, 2.05) is 16.7 Å². The van der Waals surface area contributed by atoms with Crippen LogP contribution in [0, 0.1) is 5.92 Å². The summed E-state index contributed by atoms with van der Waals surface area (Å²) in [6.45, 7) is 0.929. The van der Waals surface area contributed by atoms with Crippen LogP contribution in [0.5, 0.6) is 0 Å². The number of carbonyl (C=O) groups excluding carboxylic acids is 1. The molecular formula is C16H17ClN4O3. The highest BCUT2D eigenvalue weighted by molar-refractivity contribution is 6.31. The molecule has 2 aromatic rings. The van der Waals surface area contributed by atoms with E-state index in [1.54, 1.807) is 24.8 Å².